The van der Waals surface area contributed by atoms with Crippen molar-refractivity contribution in [2.45, 2.75) is 53.1 Å². The lowest BCUT2D eigenvalue weighted by Gasteiger charge is -2.43. The molecule has 2 fully saturated rings. The van der Waals surface area contributed by atoms with Gasteiger partial charge in [0.1, 0.15) is 0 Å². The van der Waals surface area contributed by atoms with Gasteiger partial charge in [0.2, 0.25) is 0 Å². The Kier molecular flexibility index (Phi) is 4.80. The SMILES string of the molecule is C[C@H](C1COC(C)(C)OC1)[C@@H](C)C1COC(C)(C)OC1. The molecule has 0 bridgehead atoms. The Labute approximate surface area is 123 Å². The zero-order chi connectivity index (χ0) is 15.0. The van der Waals surface area contributed by atoms with Crippen molar-refractivity contribution in [1.82, 2.24) is 0 Å². The molecule has 0 amide bonds. The normalized spacial score (nSPS) is 30.9. The summed E-state index contributed by atoms with van der Waals surface area (Å²) in [6, 6.07) is 0. The van der Waals surface area contributed by atoms with Crippen molar-refractivity contribution in [2.75, 3.05) is 26.4 Å². The number of hydrogen-bond donors (Lipinski definition) is 0. The van der Waals surface area contributed by atoms with Crippen molar-refractivity contribution in [1.29, 1.82) is 0 Å². The molecule has 0 unspecified atom stereocenters. The molecule has 2 saturated heterocycles. The highest BCUT2D eigenvalue weighted by molar-refractivity contribution is 4.81. The average Bonchev–Trinajstić information content (AvgIpc) is 2.37. The van der Waals surface area contributed by atoms with Crippen LogP contribution in [0.2, 0.25) is 0 Å². The minimum Gasteiger partial charge on any atom is -0.350 e. The first-order chi connectivity index (χ1) is 9.20. The molecule has 0 radical (unpaired) electrons. The van der Waals surface area contributed by atoms with Gasteiger partial charge in [0.05, 0.1) is 26.4 Å². The molecular formula is C16H30O4. The zero-order valence-corrected chi connectivity index (χ0v) is 13.8. The molecule has 2 atom stereocenters. The van der Waals surface area contributed by atoms with Gasteiger partial charge in [-0.2, -0.15) is 0 Å². The maximum Gasteiger partial charge on any atom is 0.162 e. The molecule has 0 aliphatic carbocycles. The van der Waals surface area contributed by atoms with Crippen molar-refractivity contribution in [3.8, 4) is 0 Å². The third-order valence-electron chi connectivity index (χ3n) is 4.90. The maximum absolute atomic E-state index is 5.78. The second-order valence-electron chi connectivity index (χ2n) is 7.28. The summed E-state index contributed by atoms with van der Waals surface area (Å²) < 4.78 is 23.1. The summed E-state index contributed by atoms with van der Waals surface area (Å²) in [5.41, 5.74) is 0. The van der Waals surface area contributed by atoms with E-state index in [0.717, 1.165) is 26.4 Å². The van der Waals surface area contributed by atoms with Crippen LogP contribution in [-0.2, 0) is 18.9 Å². The van der Waals surface area contributed by atoms with Crippen LogP contribution in [0.1, 0.15) is 41.5 Å². The minimum atomic E-state index is -0.430. The Hall–Kier alpha value is -0.160. The summed E-state index contributed by atoms with van der Waals surface area (Å²) in [5.74, 6) is 1.11. The lowest BCUT2D eigenvalue weighted by molar-refractivity contribution is -0.280. The molecule has 2 aliphatic rings. The van der Waals surface area contributed by atoms with E-state index in [-0.39, 0.29) is 0 Å². The predicted molar refractivity (Wildman–Crippen MR) is 77.3 cm³/mol. The molecular weight excluding hydrogens is 256 g/mol. The van der Waals surface area contributed by atoms with Gasteiger partial charge >= 0.3 is 0 Å². The Morgan fingerprint density at radius 2 is 0.900 bits per heavy atom. The van der Waals surface area contributed by atoms with Crippen LogP contribution in [0.5, 0.6) is 0 Å². The molecule has 118 valence electrons. The van der Waals surface area contributed by atoms with E-state index < -0.39 is 11.6 Å². The van der Waals surface area contributed by atoms with Gasteiger partial charge in [-0.05, 0) is 39.5 Å². The van der Waals surface area contributed by atoms with Gasteiger partial charge < -0.3 is 18.9 Å². The van der Waals surface area contributed by atoms with E-state index in [0.29, 0.717) is 23.7 Å². The van der Waals surface area contributed by atoms with Crippen LogP contribution in [0.25, 0.3) is 0 Å². The van der Waals surface area contributed by atoms with Gasteiger partial charge in [-0.1, -0.05) is 13.8 Å². The van der Waals surface area contributed by atoms with E-state index in [1.165, 1.54) is 0 Å². The van der Waals surface area contributed by atoms with E-state index in [9.17, 15) is 0 Å². The van der Waals surface area contributed by atoms with Gasteiger partial charge in [-0.3, -0.25) is 0 Å². The van der Waals surface area contributed by atoms with Crippen LogP contribution in [-0.4, -0.2) is 38.0 Å². The molecule has 0 aromatic rings. The lowest BCUT2D eigenvalue weighted by Crippen LogP contribution is -2.46. The lowest BCUT2D eigenvalue weighted by atomic mass is 9.77. The first-order valence-electron chi connectivity index (χ1n) is 7.76. The summed E-state index contributed by atoms with van der Waals surface area (Å²) in [5, 5.41) is 0. The first-order valence-corrected chi connectivity index (χ1v) is 7.76. The summed E-state index contributed by atoms with van der Waals surface area (Å²) in [4.78, 5) is 0. The summed E-state index contributed by atoms with van der Waals surface area (Å²) >= 11 is 0. The van der Waals surface area contributed by atoms with Gasteiger partial charge in [0, 0.05) is 11.8 Å². The molecule has 2 heterocycles. The van der Waals surface area contributed by atoms with Crippen LogP contribution in [0.3, 0.4) is 0 Å². The number of hydrogen-bond acceptors (Lipinski definition) is 4. The molecule has 4 nitrogen and oxygen atoms in total. The fourth-order valence-electron chi connectivity index (χ4n) is 2.88. The largest absolute Gasteiger partial charge is 0.350 e. The van der Waals surface area contributed by atoms with Crippen LogP contribution in [0.4, 0.5) is 0 Å². The third kappa shape index (κ3) is 3.94. The standard InChI is InChI=1S/C16H30O4/c1-11(13-7-17-15(3,4)18-8-13)12(2)14-9-19-16(5,6)20-10-14/h11-14H,7-10H2,1-6H3/t11-,12+. The van der Waals surface area contributed by atoms with Crippen LogP contribution in [0, 0.1) is 23.7 Å². The molecule has 0 spiro atoms. The average molecular weight is 286 g/mol. The molecule has 0 saturated carbocycles. The quantitative estimate of drug-likeness (QED) is 0.799. The Bertz CT molecular complexity index is 274. The molecule has 2 aliphatic heterocycles. The second kappa shape index (κ2) is 5.91. The zero-order valence-electron chi connectivity index (χ0n) is 13.8. The van der Waals surface area contributed by atoms with E-state index in [2.05, 4.69) is 13.8 Å². The van der Waals surface area contributed by atoms with Gasteiger partial charge in [-0.25, -0.2) is 0 Å². The summed E-state index contributed by atoms with van der Waals surface area (Å²) in [6.45, 7) is 15.6. The number of ether oxygens (including phenoxy) is 4. The molecule has 4 heteroatoms. The Morgan fingerprint density at radius 1 is 0.650 bits per heavy atom. The first kappa shape index (κ1) is 16.2. The van der Waals surface area contributed by atoms with Crippen LogP contribution >= 0.6 is 0 Å². The summed E-state index contributed by atoms with van der Waals surface area (Å²) in [7, 11) is 0. The molecule has 0 aromatic heterocycles. The van der Waals surface area contributed by atoms with Crippen LogP contribution < -0.4 is 0 Å². The van der Waals surface area contributed by atoms with Gasteiger partial charge in [0.25, 0.3) is 0 Å². The predicted octanol–water partition coefficient (Wildman–Crippen LogP) is 3.06. The van der Waals surface area contributed by atoms with E-state index >= 15 is 0 Å². The van der Waals surface area contributed by atoms with Crippen molar-refractivity contribution in [2.24, 2.45) is 23.7 Å². The monoisotopic (exact) mass is 286 g/mol. The van der Waals surface area contributed by atoms with Crippen molar-refractivity contribution in [3.63, 3.8) is 0 Å². The van der Waals surface area contributed by atoms with Gasteiger partial charge in [-0.15, -0.1) is 0 Å². The van der Waals surface area contributed by atoms with E-state index in [1.807, 2.05) is 27.7 Å². The third-order valence-corrected chi connectivity index (χ3v) is 4.90. The number of rotatable bonds is 3. The van der Waals surface area contributed by atoms with Gasteiger partial charge in [0.15, 0.2) is 11.6 Å². The van der Waals surface area contributed by atoms with Crippen LogP contribution in [0.15, 0.2) is 0 Å². The Morgan fingerprint density at radius 3 is 1.15 bits per heavy atom. The second-order valence-corrected chi connectivity index (χ2v) is 7.28. The molecule has 2 rings (SSSR count). The highest BCUT2D eigenvalue weighted by Gasteiger charge is 2.38. The van der Waals surface area contributed by atoms with Crippen molar-refractivity contribution < 1.29 is 18.9 Å². The van der Waals surface area contributed by atoms with Crippen molar-refractivity contribution in [3.05, 3.63) is 0 Å². The van der Waals surface area contributed by atoms with E-state index in [1.54, 1.807) is 0 Å². The highest BCUT2D eigenvalue weighted by Crippen LogP contribution is 2.35. The van der Waals surface area contributed by atoms with Crippen molar-refractivity contribution >= 4 is 0 Å². The Balaban J connectivity index is 1.85. The fourth-order valence-corrected chi connectivity index (χ4v) is 2.88. The molecule has 20 heavy (non-hydrogen) atoms. The summed E-state index contributed by atoms with van der Waals surface area (Å²) in [6.07, 6.45) is 0. The maximum atomic E-state index is 5.78. The fraction of sp³-hybridized carbons (Fsp3) is 1.00. The van der Waals surface area contributed by atoms with E-state index in [4.69, 9.17) is 18.9 Å². The smallest absolute Gasteiger partial charge is 0.162 e. The molecule has 0 aromatic carbocycles. The highest BCUT2D eigenvalue weighted by atomic mass is 16.7. The molecule has 0 N–H and O–H groups in total. The topological polar surface area (TPSA) is 36.9 Å². The minimum absolute atomic E-state index is 0.430.